The zero-order valence-electron chi connectivity index (χ0n) is 42.9. The standard InChI is InChI=1S/C73H47N3O3/c1-4-19-45(20-5-1)58-42-48(43-68-70(58)56-26-11-14-34-64(56)78-68)61-32-18-31-60(46-21-6-2-7-22-46)74-44-62(75-61)55-30-17-36-67-69(55)59-41-47(37-40-66(59)77-67)50-38-39-54(73-71(50)57-27-12-15-35-65(57)79-73)53-29-16-28-52-51-25-10-13-33-63(51)76(72(52)53)49-23-8-3-9-24-49/h1-17,19-30,32-43H,18,31,44H2. The smallest absolute Gasteiger partial charge is 0.143 e. The molecule has 0 atom stereocenters. The molecular weight excluding hydrogens is 967 g/mol. The molecule has 6 heteroatoms. The highest BCUT2D eigenvalue weighted by Gasteiger charge is 2.24. The monoisotopic (exact) mass is 1010 g/mol. The van der Waals surface area contributed by atoms with E-state index >= 15 is 0 Å². The van der Waals surface area contributed by atoms with Crippen LogP contribution in [0.5, 0.6) is 0 Å². The number of nitrogens with zero attached hydrogens (tertiary/aromatic N) is 3. The third-order valence-corrected chi connectivity index (χ3v) is 16.0. The van der Waals surface area contributed by atoms with Crippen molar-refractivity contribution in [2.45, 2.75) is 12.8 Å². The van der Waals surface area contributed by atoms with Crippen molar-refractivity contribution in [1.29, 1.82) is 0 Å². The predicted molar refractivity (Wildman–Crippen MR) is 327 cm³/mol. The third-order valence-electron chi connectivity index (χ3n) is 16.0. The molecule has 0 bridgehead atoms. The summed E-state index contributed by atoms with van der Waals surface area (Å²) in [4.78, 5) is 11.1. The summed E-state index contributed by atoms with van der Waals surface area (Å²) in [6.07, 6.45) is 3.79. The molecule has 0 saturated carbocycles. The van der Waals surface area contributed by atoms with E-state index in [4.69, 9.17) is 23.2 Å². The van der Waals surface area contributed by atoms with Crippen LogP contribution in [-0.2, 0) is 0 Å². The summed E-state index contributed by atoms with van der Waals surface area (Å²) in [6, 6.07) is 85.8. The number of allylic oxidation sites excluding steroid dienone is 1. The number of furan rings is 3. The first-order valence-electron chi connectivity index (χ1n) is 27.0. The van der Waals surface area contributed by atoms with Crippen LogP contribution in [0.3, 0.4) is 0 Å². The lowest BCUT2D eigenvalue weighted by Crippen LogP contribution is -2.09. The summed E-state index contributed by atoms with van der Waals surface area (Å²) in [7, 11) is 0. The molecule has 79 heavy (non-hydrogen) atoms. The molecule has 16 rings (SSSR count). The minimum Gasteiger partial charge on any atom is -0.456 e. The predicted octanol–water partition coefficient (Wildman–Crippen LogP) is 19.6. The molecule has 372 valence electrons. The fourth-order valence-electron chi connectivity index (χ4n) is 12.5. The largest absolute Gasteiger partial charge is 0.456 e. The van der Waals surface area contributed by atoms with E-state index in [1.807, 2.05) is 12.1 Å². The molecule has 0 spiro atoms. The van der Waals surface area contributed by atoms with Crippen molar-refractivity contribution in [2.24, 2.45) is 9.98 Å². The molecule has 0 N–H and O–H groups in total. The lowest BCUT2D eigenvalue weighted by atomic mass is 9.92. The number of hydrogen-bond donors (Lipinski definition) is 0. The molecule has 0 aliphatic carbocycles. The van der Waals surface area contributed by atoms with Gasteiger partial charge in [0.2, 0.25) is 0 Å². The fraction of sp³-hybridized carbons (Fsp3) is 0.0411. The van der Waals surface area contributed by atoms with Crippen molar-refractivity contribution in [2.75, 3.05) is 6.54 Å². The summed E-state index contributed by atoms with van der Waals surface area (Å²) in [5, 5.41) is 8.71. The van der Waals surface area contributed by atoms with E-state index in [0.717, 1.165) is 163 Å². The number of benzene rings is 11. The summed E-state index contributed by atoms with van der Waals surface area (Å²) < 4.78 is 22.9. The zero-order valence-corrected chi connectivity index (χ0v) is 42.9. The van der Waals surface area contributed by atoms with Crippen LogP contribution < -0.4 is 0 Å². The first kappa shape index (κ1) is 44.9. The Morgan fingerprint density at radius 3 is 1.80 bits per heavy atom. The topological polar surface area (TPSA) is 69.1 Å². The highest BCUT2D eigenvalue weighted by atomic mass is 16.3. The van der Waals surface area contributed by atoms with Crippen molar-refractivity contribution in [1.82, 2.24) is 4.57 Å². The van der Waals surface area contributed by atoms with Crippen molar-refractivity contribution < 1.29 is 13.3 Å². The molecule has 5 heterocycles. The number of rotatable bonds is 7. The van der Waals surface area contributed by atoms with E-state index in [0.29, 0.717) is 6.54 Å². The maximum absolute atomic E-state index is 7.03. The van der Waals surface area contributed by atoms with Gasteiger partial charge in [-0.15, -0.1) is 0 Å². The van der Waals surface area contributed by atoms with E-state index < -0.39 is 0 Å². The lowest BCUT2D eigenvalue weighted by Gasteiger charge is -2.13. The Kier molecular flexibility index (Phi) is 10.3. The highest BCUT2D eigenvalue weighted by molar-refractivity contribution is 6.24. The quantitative estimate of drug-likeness (QED) is 0.160. The second-order valence-electron chi connectivity index (χ2n) is 20.5. The third kappa shape index (κ3) is 7.33. The van der Waals surface area contributed by atoms with Gasteiger partial charge in [-0.05, 0) is 107 Å². The molecule has 0 saturated heterocycles. The molecule has 0 amide bonds. The van der Waals surface area contributed by atoms with Crippen LogP contribution in [0.1, 0.15) is 29.5 Å². The normalized spacial score (nSPS) is 13.4. The molecule has 0 fully saturated rings. The number of fused-ring (bicyclic) bond motifs is 12. The second-order valence-corrected chi connectivity index (χ2v) is 20.5. The van der Waals surface area contributed by atoms with Crippen LogP contribution in [0.4, 0.5) is 0 Å². The average molecular weight is 1010 g/mol. The van der Waals surface area contributed by atoms with Crippen LogP contribution >= 0.6 is 0 Å². The SMILES string of the molecule is C1=C(c2cc(-c3ccccc3)c3c(c2)oc2ccccc23)N=C(c2cccc3oc4ccc(-c5ccc(-c6cccc7c8ccccc8n(-c8ccccc8)c67)c6oc7ccccc7c56)cc4c23)CN=C(c2ccccc2)CC1. The molecule has 6 nitrogen and oxygen atoms in total. The van der Waals surface area contributed by atoms with E-state index in [2.05, 4.69) is 241 Å². The van der Waals surface area contributed by atoms with Crippen LogP contribution in [-0.4, -0.2) is 22.5 Å². The van der Waals surface area contributed by atoms with Crippen LogP contribution in [0.15, 0.2) is 272 Å². The van der Waals surface area contributed by atoms with E-state index in [-0.39, 0.29) is 0 Å². The van der Waals surface area contributed by atoms with Gasteiger partial charge in [-0.25, -0.2) is 0 Å². The van der Waals surface area contributed by atoms with Gasteiger partial charge in [0, 0.05) is 76.7 Å². The van der Waals surface area contributed by atoms with Gasteiger partial charge in [0.25, 0.3) is 0 Å². The number of hydrogen-bond acceptors (Lipinski definition) is 5. The molecule has 0 radical (unpaired) electrons. The maximum atomic E-state index is 7.03. The Balaban J connectivity index is 0.891. The van der Waals surface area contributed by atoms with Gasteiger partial charge in [-0.1, -0.05) is 182 Å². The fourth-order valence-corrected chi connectivity index (χ4v) is 12.5. The van der Waals surface area contributed by atoms with Crippen molar-refractivity contribution in [3.8, 4) is 39.1 Å². The number of aromatic nitrogens is 1. The molecular formula is C73H47N3O3. The Morgan fingerprint density at radius 1 is 0.354 bits per heavy atom. The van der Waals surface area contributed by atoms with Crippen molar-refractivity contribution >= 4 is 105 Å². The lowest BCUT2D eigenvalue weighted by molar-refractivity contribution is 0.668. The summed E-state index contributed by atoms with van der Waals surface area (Å²) in [6.45, 7) is 0.366. The van der Waals surface area contributed by atoms with Gasteiger partial charge in [0.1, 0.15) is 33.5 Å². The Morgan fingerprint density at radius 2 is 0.975 bits per heavy atom. The van der Waals surface area contributed by atoms with Crippen LogP contribution in [0, 0.1) is 0 Å². The van der Waals surface area contributed by atoms with Gasteiger partial charge in [0.15, 0.2) is 0 Å². The number of aliphatic imine (C=N–C) groups is 2. The molecule has 4 aromatic heterocycles. The summed E-state index contributed by atoms with van der Waals surface area (Å²) in [5.41, 5.74) is 20.7. The molecule has 15 aromatic rings. The zero-order chi connectivity index (χ0) is 52.0. The minimum atomic E-state index is 0.366. The second kappa shape index (κ2) is 18.2. The molecule has 1 aliphatic heterocycles. The van der Waals surface area contributed by atoms with Gasteiger partial charge >= 0.3 is 0 Å². The summed E-state index contributed by atoms with van der Waals surface area (Å²) in [5.74, 6) is 0. The number of para-hydroxylation sites is 5. The van der Waals surface area contributed by atoms with Crippen molar-refractivity contribution in [3.63, 3.8) is 0 Å². The minimum absolute atomic E-state index is 0.366. The van der Waals surface area contributed by atoms with Gasteiger partial charge in [-0.2, -0.15) is 0 Å². The average Bonchev–Trinajstić information content (AvgIpc) is 4.32. The van der Waals surface area contributed by atoms with Gasteiger partial charge in [0.05, 0.1) is 29.0 Å². The van der Waals surface area contributed by atoms with Gasteiger partial charge in [-0.3, -0.25) is 9.98 Å². The Labute approximate surface area is 454 Å². The molecule has 11 aromatic carbocycles. The molecule has 1 aliphatic rings. The van der Waals surface area contributed by atoms with Crippen LogP contribution in [0.2, 0.25) is 0 Å². The Bertz CT molecular complexity index is 5030. The summed E-state index contributed by atoms with van der Waals surface area (Å²) >= 11 is 0. The van der Waals surface area contributed by atoms with E-state index in [1.54, 1.807) is 0 Å². The first-order valence-corrected chi connectivity index (χ1v) is 27.0. The molecule has 0 unspecified atom stereocenters. The van der Waals surface area contributed by atoms with Crippen molar-refractivity contribution in [3.05, 3.63) is 265 Å². The van der Waals surface area contributed by atoms with Crippen LogP contribution in [0.25, 0.3) is 132 Å². The Hall–Kier alpha value is -10.3. The highest BCUT2D eigenvalue weighted by Crippen LogP contribution is 2.47. The first-order chi connectivity index (χ1) is 39.2. The maximum Gasteiger partial charge on any atom is 0.143 e. The van der Waals surface area contributed by atoms with Gasteiger partial charge < -0.3 is 17.8 Å². The van der Waals surface area contributed by atoms with E-state index in [9.17, 15) is 0 Å². The van der Waals surface area contributed by atoms with E-state index in [1.165, 1.54) is 10.8 Å².